The first-order chi connectivity index (χ1) is 17.4. The summed E-state index contributed by atoms with van der Waals surface area (Å²) in [6.45, 7) is 10.2. The van der Waals surface area contributed by atoms with E-state index in [1.54, 1.807) is 17.3 Å². The van der Waals surface area contributed by atoms with Crippen LogP contribution in [0.15, 0.2) is 72.1 Å². The van der Waals surface area contributed by atoms with Gasteiger partial charge in [0.15, 0.2) is 0 Å². The average molecular weight is 487 g/mol. The van der Waals surface area contributed by atoms with Gasteiger partial charge < -0.3 is 10.6 Å². The van der Waals surface area contributed by atoms with Gasteiger partial charge in [0.1, 0.15) is 0 Å². The summed E-state index contributed by atoms with van der Waals surface area (Å²) in [6, 6.07) is 14.4. The van der Waals surface area contributed by atoms with E-state index in [9.17, 15) is 4.79 Å². The van der Waals surface area contributed by atoms with E-state index in [-0.39, 0.29) is 11.9 Å². The summed E-state index contributed by atoms with van der Waals surface area (Å²) in [4.78, 5) is 19.7. The van der Waals surface area contributed by atoms with Crippen molar-refractivity contribution < 1.29 is 4.79 Å². The summed E-state index contributed by atoms with van der Waals surface area (Å²) in [6.07, 6.45) is 13.6. The van der Waals surface area contributed by atoms with Gasteiger partial charge in [0.05, 0.1) is 6.04 Å². The van der Waals surface area contributed by atoms with Gasteiger partial charge in [0.2, 0.25) is 5.91 Å². The van der Waals surface area contributed by atoms with Crippen LogP contribution < -0.4 is 10.6 Å². The SMILES string of the molecule is CC1=C(CCN[C@H]2C[C@@H](C(=O)NCc3cccnc3)N(C/C=C/c3ccccc3)C2)C(C)(C)CCC1. The minimum atomic E-state index is -0.133. The number of carbonyl (C=O) groups excluding carboxylic acids is 1. The van der Waals surface area contributed by atoms with Crippen molar-refractivity contribution >= 4 is 12.0 Å². The number of hydrogen-bond donors (Lipinski definition) is 2. The molecule has 1 aromatic carbocycles. The maximum Gasteiger partial charge on any atom is 0.237 e. The van der Waals surface area contributed by atoms with Crippen LogP contribution in [0.2, 0.25) is 0 Å². The number of nitrogens with zero attached hydrogens (tertiary/aromatic N) is 2. The monoisotopic (exact) mass is 486 g/mol. The van der Waals surface area contributed by atoms with Crippen molar-refractivity contribution in [3.8, 4) is 0 Å². The molecule has 1 saturated heterocycles. The highest BCUT2D eigenvalue weighted by molar-refractivity contribution is 5.82. The smallest absolute Gasteiger partial charge is 0.237 e. The number of pyridine rings is 1. The molecule has 1 aliphatic carbocycles. The van der Waals surface area contributed by atoms with Crippen LogP contribution in [0.3, 0.4) is 0 Å². The van der Waals surface area contributed by atoms with Gasteiger partial charge in [-0.05, 0) is 68.2 Å². The van der Waals surface area contributed by atoms with Crippen molar-refractivity contribution in [2.24, 2.45) is 5.41 Å². The Hall–Kier alpha value is -2.76. The van der Waals surface area contributed by atoms with Crippen molar-refractivity contribution in [1.29, 1.82) is 0 Å². The standard InChI is InChI=1S/C31H42N4O/c1-24-10-7-16-31(2,3)28(24)15-18-33-27-20-29(30(36)34-22-26-13-8-17-32-21-26)35(23-27)19-9-14-25-11-5-4-6-12-25/h4-6,8-9,11-14,17,21,27,29,33H,7,10,15-16,18-20,22-23H2,1-3H3,(H,34,36)/b14-9+/t27-,29-/m0/s1. The molecule has 1 aliphatic heterocycles. The zero-order chi connectivity index (χ0) is 25.4. The van der Waals surface area contributed by atoms with Crippen LogP contribution in [0.4, 0.5) is 0 Å². The van der Waals surface area contributed by atoms with E-state index in [0.717, 1.165) is 38.0 Å². The molecule has 192 valence electrons. The summed E-state index contributed by atoms with van der Waals surface area (Å²) in [5.74, 6) is 0.100. The van der Waals surface area contributed by atoms with Gasteiger partial charge in [0, 0.05) is 38.1 Å². The van der Waals surface area contributed by atoms with Gasteiger partial charge >= 0.3 is 0 Å². The maximum atomic E-state index is 13.2. The molecule has 2 atom stereocenters. The molecule has 1 aromatic heterocycles. The normalized spacial score (nSPS) is 22.3. The Labute approximate surface area is 217 Å². The van der Waals surface area contributed by atoms with E-state index in [2.05, 4.69) is 77.7 Å². The number of nitrogens with one attached hydrogen (secondary N) is 2. The average Bonchev–Trinajstić information content (AvgIpc) is 3.28. The van der Waals surface area contributed by atoms with E-state index < -0.39 is 0 Å². The van der Waals surface area contributed by atoms with E-state index in [1.807, 2.05) is 24.4 Å². The zero-order valence-electron chi connectivity index (χ0n) is 22.2. The Morgan fingerprint density at radius 2 is 2.03 bits per heavy atom. The molecule has 2 N–H and O–H groups in total. The van der Waals surface area contributed by atoms with Crippen LogP contribution in [0, 0.1) is 5.41 Å². The predicted octanol–water partition coefficient (Wildman–Crippen LogP) is 5.36. The summed E-state index contributed by atoms with van der Waals surface area (Å²) in [5.41, 5.74) is 5.73. The van der Waals surface area contributed by atoms with E-state index in [4.69, 9.17) is 0 Å². The Morgan fingerprint density at radius 1 is 1.19 bits per heavy atom. The van der Waals surface area contributed by atoms with E-state index in [1.165, 1.54) is 24.8 Å². The number of hydrogen-bond acceptors (Lipinski definition) is 4. The molecule has 0 spiro atoms. The first-order valence-electron chi connectivity index (χ1n) is 13.5. The van der Waals surface area contributed by atoms with Crippen molar-refractivity contribution in [2.75, 3.05) is 19.6 Å². The quantitative estimate of drug-likeness (QED) is 0.444. The van der Waals surface area contributed by atoms with Gasteiger partial charge in [-0.15, -0.1) is 0 Å². The topological polar surface area (TPSA) is 57.3 Å². The Balaban J connectivity index is 1.36. The largest absolute Gasteiger partial charge is 0.351 e. The number of likely N-dealkylation sites (tertiary alicyclic amines) is 1. The van der Waals surface area contributed by atoms with Crippen molar-refractivity contribution in [3.05, 3.63) is 83.2 Å². The molecule has 5 heteroatoms. The van der Waals surface area contributed by atoms with Gasteiger partial charge in [-0.25, -0.2) is 0 Å². The van der Waals surface area contributed by atoms with Crippen LogP contribution in [0.25, 0.3) is 6.08 Å². The summed E-state index contributed by atoms with van der Waals surface area (Å²) in [7, 11) is 0. The molecule has 0 unspecified atom stereocenters. The molecule has 5 nitrogen and oxygen atoms in total. The second kappa shape index (κ2) is 12.5. The molecular weight excluding hydrogens is 444 g/mol. The highest BCUT2D eigenvalue weighted by Gasteiger charge is 2.36. The number of carbonyl (C=O) groups is 1. The second-order valence-corrected chi connectivity index (χ2v) is 11.0. The summed E-state index contributed by atoms with van der Waals surface area (Å²) >= 11 is 0. The molecule has 36 heavy (non-hydrogen) atoms. The second-order valence-electron chi connectivity index (χ2n) is 11.0. The van der Waals surface area contributed by atoms with Crippen LogP contribution >= 0.6 is 0 Å². The molecular formula is C31H42N4O. The minimum absolute atomic E-state index is 0.100. The third-order valence-corrected chi connectivity index (χ3v) is 7.84. The fraction of sp³-hybridized carbons (Fsp3) is 0.484. The first kappa shape index (κ1) is 26.3. The first-order valence-corrected chi connectivity index (χ1v) is 13.5. The lowest BCUT2D eigenvalue weighted by molar-refractivity contribution is -0.125. The lowest BCUT2D eigenvalue weighted by atomic mass is 9.71. The Bertz CT molecular complexity index is 1040. The van der Waals surface area contributed by atoms with Crippen molar-refractivity contribution in [3.63, 3.8) is 0 Å². The summed E-state index contributed by atoms with van der Waals surface area (Å²) in [5, 5.41) is 6.94. The molecule has 2 aliphatic rings. The van der Waals surface area contributed by atoms with E-state index >= 15 is 0 Å². The fourth-order valence-electron chi connectivity index (χ4n) is 5.85. The summed E-state index contributed by atoms with van der Waals surface area (Å²) < 4.78 is 0. The van der Waals surface area contributed by atoms with Crippen LogP contribution in [0.5, 0.6) is 0 Å². The van der Waals surface area contributed by atoms with Crippen LogP contribution in [-0.4, -0.2) is 47.5 Å². The fourth-order valence-corrected chi connectivity index (χ4v) is 5.85. The molecule has 4 rings (SSSR count). The zero-order valence-corrected chi connectivity index (χ0v) is 22.2. The highest BCUT2D eigenvalue weighted by atomic mass is 16.2. The number of amides is 1. The molecule has 0 bridgehead atoms. The molecule has 1 fully saturated rings. The van der Waals surface area contributed by atoms with Crippen LogP contribution in [-0.2, 0) is 11.3 Å². The Kier molecular flexibility index (Phi) is 9.11. The Morgan fingerprint density at radius 3 is 2.78 bits per heavy atom. The van der Waals surface area contributed by atoms with Crippen LogP contribution in [0.1, 0.15) is 64.0 Å². The number of rotatable bonds is 10. The third kappa shape index (κ3) is 7.14. The van der Waals surface area contributed by atoms with Gasteiger partial charge in [-0.1, -0.05) is 73.5 Å². The van der Waals surface area contributed by atoms with Gasteiger partial charge in [-0.2, -0.15) is 0 Å². The van der Waals surface area contributed by atoms with Crippen molar-refractivity contribution in [1.82, 2.24) is 20.5 Å². The molecule has 2 heterocycles. The van der Waals surface area contributed by atoms with Gasteiger partial charge in [-0.3, -0.25) is 14.7 Å². The third-order valence-electron chi connectivity index (χ3n) is 7.84. The molecule has 0 radical (unpaired) electrons. The lowest BCUT2D eigenvalue weighted by Crippen LogP contribution is -2.43. The van der Waals surface area contributed by atoms with E-state index in [0.29, 0.717) is 18.0 Å². The molecule has 1 amide bonds. The highest BCUT2D eigenvalue weighted by Crippen LogP contribution is 2.41. The predicted molar refractivity (Wildman–Crippen MR) is 148 cm³/mol. The van der Waals surface area contributed by atoms with Crippen molar-refractivity contribution in [2.45, 2.75) is 71.5 Å². The lowest BCUT2D eigenvalue weighted by Gasteiger charge is -2.35. The molecule has 2 aromatic rings. The van der Waals surface area contributed by atoms with Gasteiger partial charge in [0.25, 0.3) is 0 Å². The maximum absolute atomic E-state index is 13.2. The molecule has 0 saturated carbocycles. The number of aromatic nitrogens is 1. The minimum Gasteiger partial charge on any atom is -0.351 e. The number of allylic oxidation sites excluding steroid dienone is 1. The number of benzene rings is 1.